The van der Waals surface area contributed by atoms with E-state index in [1.54, 1.807) is 0 Å². The molecule has 5 nitrogen and oxygen atoms in total. The number of ether oxygens (including phenoxy) is 1. The summed E-state index contributed by atoms with van der Waals surface area (Å²) in [6.07, 6.45) is 20.0. The fourth-order valence-corrected chi connectivity index (χ4v) is 2.87. The number of allylic oxidation sites excluding steroid dienone is 2. The van der Waals surface area contributed by atoms with Crippen LogP contribution in [0, 0.1) is 0 Å². The molecule has 0 radical (unpaired) electrons. The van der Waals surface area contributed by atoms with Crippen LogP contribution in [0.5, 0.6) is 0 Å². The van der Waals surface area contributed by atoms with Gasteiger partial charge >= 0.3 is 35.5 Å². The van der Waals surface area contributed by atoms with Crippen molar-refractivity contribution in [2.75, 3.05) is 0 Å². The first-order chi connectivity index (χ1) is 12.4. The van der Waals surface area contributed by atoms with Crippen molar-refractivity contribution in [3.63, 3.8) is 0 Å². The zero-order valence-corrected chi connectivity index (χ0v) is 20.4. The Labute approximate surface area is 188 Å². The van der Waals surface area contributed by atoms with Crippen molar-refractivity contribution in [2.24, 2.45) is 0 Å². The minimum Gasteiger partial charge on any atom is -0.745 e. The molecule has 27 heavy (non-hydrogen) atoms. The summed E-state index contributed by atoms with van der Waals surface area (Å²) in [5, 5.41) is 0. The van der Waals surface area contributed by atoms with Gasteiger partial charge in [0.25, 0.3) is 0 Å². The van der Waals surface area contributed by atoms with E-state index in [1.165, 1.54) is 44.9 Å². The number of esters is 1. The second-order valence-electron chi connectivity index (χ2n) is 6.88. The van der Waals surface area contributed by atoms with E-state index in [-0.39, 0.29) is 36.0 Å². The van der Waals surface area contributed by atoms with E-state index in [9.17, 15) is 17.8 Å². The van der Waals surface area contributed by atoms with Gasteiger partial charge in [0.1, 0.15) is 10.1 Å². The quantitative estimate of drug-likeness (QED) is 0.120. The molecule has 0 fully saturated rings. The predicted octanol–water partition coefficient (Wildman–Crippen LogP) is 2.46. The van der Waals surface area contributed by atoms with E-state index < -0.39 is 21.5 Å². The van der Waals surface area contributed by atoms with E-state index >= 15 is 0 Å². The Kier molecular flexibility index (Phi) is 21.1. The molecule has 0 N–H and O–H groups in total. The van der Waals surface area contributed by atoms with Gasteiger partial charge in [-0.1, -0.05) is 70.4 Å². The second-order valence-corrected chi connectivity index (χ2v) is 8.53. The Bertz CT molecular complexity index is 477. The molecule has 0 spiro atoms. The summed E-state index contributed by atoms with van der Waals surface area (Å²) in [5.41, 5.74) is -1.60. The molecule has 7 heteroatoms. The van der Waals surface area contributed by atoms with Crippen molar-refractivity contribution in [3.05, 3.63) is 12.2 Å². The van der Waals surface area contributed by atoms with Crippen LogP contribution in [0.1, 0.15) is 104 Å². The second kappa shape index (κ2) is 19.4. The summed E-state index contributed by atoms with van der Waals surface area (Å²) in [6, 6.07) is 0. The van der Waals surface area contributed by atoms with Crippen LogP contribution in [0.15, 0.2) is 12.2 Å². The molecule has 0 saturated carbocycles. The van der Waals surface area contributed by atoms with E-state index in [0.717, 1.165) is 39.0 Å². The molecule has 0 heterocycles. The molecule has 0 bridgehead atoms. The maximum Gasteiger partial charge on any atom is 1.00 e. The zero-order chi connectivity index (χ0) is 19.7. The summed E-state index contributed by atoms with van der Waals surface area (Å²) in [6.45, 7) is 3.32. The molecular formula is C20H37NaO5S. The summed E-state index contributed by atoms with van der Waals surface area (Å²) < 4.78 is 36.5. The molecule has 0 aromatic carbocycles. The third-order valence-corrected chi connectivity index (χ3v) is 5.26. The van der Waals surface area contributed by atoms with Crippen LogP contribution in [0.4, 0.5) is 0 Å². The summed E-state index contributed by atoms with van der Waals surface area (Å²) in [5.74, 6) is -0.616. The Hall–Kier alpha value is 0.120. The van der Waals surface area contributed by atoms with E-state index in [2.05, 4.69) is 23.8 Å². The number of unbranched alkanes of at least 4 members (excludes halogenated alkanes) is 11. The van der Waals surface area contributed by atoms with Crippen LogP contribution in [-0.2, 0) is 19.6 Å². The number of carbonyl (C=O) groups excluding carboxylic acids is 1. The van der Waals surface area contributed by atoms with Gasteiger partial charge in [0.05, 0.1) is 0 Å². The van der Waals surface area contributed by atoms with Crippen LogP contribution in [-0.4, -0.2) is 24.4 Å². The standard InChI is InChI=1S/C20H38O5S.Na/c1-3-4-5-6-7-8-9-10-11-12-13-14-15-16-17-18-20(21)25-19(2)26(22,23)24;/h10-11,19H,3-9,12-18H2,1-2H3,(H,22,23,24);/q;+1/p-1/b11-10-;. The van der Waals surface area contributed by atoms with E-state index in [1.807, 2.05) is 0 Å². The zero-order valence-electron chi connectivity index (χ0n) is 17.6. The van der Waals surface area contributed by atoms with E-state index in [4.69, 9.17) is 0 Å². The first kappa shape index (κ1) is 29.3. The Morgan fingerprint density at radius 3 is 1.81 bits per heavy atom. The van der Waals surface area contributed by atoms with Gasteiger partial charge in [0.15, 0.2) is 5.44 Å². The molecule has 1 unspecified atom stereocenters. The first-order valence-corrected chi connectivity index (χ1v) is 11.6. The van der Waals surface area contributed by atoms with Crippen LogP contribution in [0.3, 0.4) is 0 Å². The number of rotatable bonds is 17. The van der Waals surface area contributed by atoms with Crippen molar-refractivity contribution in [3.8, 4) is 0 Å². The van der Waals surface area contributed by atoms with Gasteiger partial charge in [0.2, 0.25) is 0 Å². The normalized spacial score (nSPS) is 12.7. The molecule has 0 rings (SSSR count). The Balaban J connectivity index is 0. The van der Waals surface area contributed by atoms with Gasteiger partial charge in [-0.2, -0.15) is 0 Å². The van der Waals surface area contributed by atoms with Crippen molar-refractivity contribution in [2.45, 2.75) is 109 Å². The topological polar surface area (TPSA) is 83.5 Å². The predicted molar refractivity (Wildman–Crippen MR) is 105 cm³/mol. The number of hydrogen-bond donors (Lipinski definition) is 0. The summed E-state index contributed by atoms with van der Waals surface area (Å²) >= 11 is 0. The van der Waals surface area contributed by atoms with Crippen molar-refractivity contribution < 1.29 is 52.1 Å². The minimum atomic E-state index is -4.56. The Morgan fingerprint density at radius 2 is 1.33 bits per heavy atom. The largest absolute Gasteiger partial charge is 1.00 e. The van der Waals surface area contributed by atoms with Crippen LogP contribution < -0.4 is 29.6 Å². The minimum absolute atomic E-state index is 0. The van der Waals surface area contributed by atoms with Gasteiger partial charge in [-0.3, -0.25) is 4.79 Å². The van der Waals surface area contributed by atoms with E-state index in [0.29, 0.717) is 6.42 Å². The average molecular weight is 413 g/mol. The Morgan fingerprint density at radius 1 is 0.889 bits per heavy atom. The molecule has 0 aromatic heterocycles. The van der Waals surface area contributed by atoms with Gasteiger partial charge in [-0.25, -0.2) is 8.42 Å². The summed E-state index contributed by atoms with van der Waals surface area (Å²) in [7, 11) is -4.56. The third-order valence-electron chi connectivity index (χ3n) is 4.35. The van der Waals surface area contributed by atoms with Crippen molar-refractivity contribution in [1.82, 2.24) is 0 Å². The molecule has 0 aliphatic rings. The van der Waals surface area contributed by atoms with Gasteiger partial charge in [0, 0.05) is 6.42 Å². The fraction of sp³-hybridized carbons (Fsp3) is 0.850. The SMILES string of the molecule is CCCCCCCC/C=C\CCCCCCCC(=O)OC(C)S(=O)(=O)[O-].[Na+]. The first-order valence-electron chi connectivity index (χ1n) is 10.2. The third kappa shape index (κ3) is 20.7. The maximum absolute atomic E-state index is 11.4. The molecule has 1 atom stereocenters. The van der Waals surface area contributed by atoms with Crippen molar-refractivity contribution in [1.29, 1.82) is 0 Å². The molecular weight excluding hydrogens is 375 g/mol. The molecule has 0 saturated heterocycles. The van der Waals surface area contributed by atoms with Crippen molar-refractivity contribution >= 4 is 16.1 Å². The van der Waals surface area contributed by atoms with Gasteiger partial charge in [-0.05, 0) is 39.0 Å². The summed E-state index contributed by atoms with van der Waals surface area (Å²) in [4.78, 5) is 11.4. The van der Waals surface area contributed by atoms with Gasteiger partial charge in [-0.15, -0.1) is 0 Å². The molecule has 0 aromatic rings. The maximum atomic E-state index is 11.4. The van der Waals surface area contributed by atoms with Gasteiger partial charge < -0.3 is 9.29 Å². The number of hydrogen-bond acceptors (Lipinski definition) is 5. The van der Waals surface area contributed by atoms with Crippen LogP contribution >= 0.6 is 0 Å². The molecule has 0 amide bonds. The average Bonchev–Trinajstić information content (AvgIpc) is 2.57. The molecule has 0 aliphatic carbocycles. The monoisotopic (exact) mass is 412 g/mol. The molecule has 154 valence electrons. The molecule has 0 aliphatic heterocycles. The van der Waals surface area contributed by atoms with Crippen LogP contribution in [0.2, 0.25) is 0 Å². The fourth-order valence-electron chi connectivity index (χ4n) is 2.64. The smallest absolute Gasteiger partial charge is 0.745 e. The van der Waals surface area contributed by atoms with Crippen LogP contribution in [0.25, 0.3) is 0 Å². The number of carbonyl (C=O) groups is 1.